The highest BCUT2D eigenvalue weighted by molar-refractivity contribution is 6.00. The van der Waals surface area contributed by atoms with Gasteiger partial charge in [0.05, 0.1) is 28.6 Å². The minimum atomic E-state index is -4.47. The second-order valence-corrected chi connectivity index (χ2v) is 7.58. The topological polar surface area (TPSA) is 87.1 Å². The molecule has 1 amide bonds. The molecule has 3 rings (SSSR count). The summed E-state index contributed by atoms with van der Waals surface area (Å²) < 4.78 is 39.4. The SMILES string of the molecule is C=C(C)c1cnc(-c2cccc(C(F)(F)F)c2)cc1Nc1ccncc1C(=O)NCC(C)O. The Morgan fingerprint density at radius 3 is 2.58 bits per heavy atom. The van der Waals surface area contributed by atoms with E-state index in [0.717, 1.165) is 12.1 Å². The predicted octanol–water partition coefficient (Wildman–Crippen LogP) is 5.05. The summed E-state index contributed by atoms with van der Waals surface area (Å²) in [6.45, 7) is 7.33. The molecule has 2 heterocycles. The average Bonchev–Trinajstić information content (AvgIpc) is 2.77. The van der Waals surface area contributed by atoms with Crippen LogP contribution in [0.4, 0.5) is 24.5 Å². The highest BCUT2D eigenvalue weighted by Crippen LogP contribution is 2.34. The molecule has 172 valence electrons. The molecule has 1 unspecified atom stereocenters. The van der Waals surface area contributed by atoms with Crippen LogP contribution in [-0.2, 0) is 6.18 Å². The number of aliphatic hydroxyl groups is 1. The third-order valence-electron chi connectivity index (χ3n) is 4.74. The van der Waals surface area contributed by atoms with Crippen LogP contribution in [0.1, 0.15) is 35.3 Å². The molecule has 0 bridgehead atoms. The van der Waals surface area contributed by atoms with Crippen LogP contribution >= 0.6 is 0 Å². The highest BCUT2D eigenvalue weighted by atomic mass is 19.4. The number of nitrogens with one attached hydrogen (secondary N) is 2. The molecule has 3 N–H and O–H groups in total. The molecule has 0 saturated carbocycles. The van der Waals surface area contributed by atoms with Crippen LogP contribution in [0.3, 0.4) is 0 Å². The molecule has 6 nitrogen and oxygen atoms in total. The number of allylic oxidation sites excluding steroid dienone is 1. The van der Waals surface area contributed by atoms with E-state index in [-0.39, 0.29) is 12.1 Å². The first-order valence-electron chi connectivity index (χ1n) is 10.1. The molecule has 0 aliphatic heterocycles. The lowest BCUT2D eigenvalue weighted by Gasteiger charge is -2.16. The second kappa shape index (κ2) is 9.83. The Labute approximate surface area is 189 Å². The van der Waals surface area contributed by atoms with Gasteiger partial charge in [-0.25, -0.2) is 0 Å². The van der Waals surface area contributed by atoms with Crippen LogP contribution in [-0.4, -0.2) is 33.6 Å². The van der Waals surface area contributed by atoms with Gasteiger partial charge in [0.1, 0.15) is 0 Å². The quantitative estimate of drug-likeness (QED) is 0.463. The van der Waals surface area contributed by atoms with Crippen LogP contribution in [0.15, 0.2) is 61.6 Å². The summed E-state index contributed by atoms with van der Waals surface area (Å²) in [6, 6.07) is 8.12. The van der Waals surface area contributed by atoms with Crippen LogP contribution in [0.2, 0.25) is 0 Å². The summed E-state index contributed by atoms with van der Waals surface area (Å²) in [5.74, 6) is -0.435. The number of carbonyl (C=O) groups is 1. The van der Waals surface area contributed by atoms with Gasteiger partial charge < -0.3 is 15.7 Å². The van der Waals surface area contributed by atoms with Crippen LogP contribution < -0.4 is 10.6 Å². The van der Waals surface area contributed by atoms with Crippen LogP contribution in [0, 0.1) is 0 Å². The smallest absolute Gasteiger partial charge is 0.392 e. The lowest BCUT2D eigenvalue weighted by Crippen LogP contribution is -2.31. The van der Waals surface area contributed by atoms with E-state index in [9.17, 15) is 23.1 Å². The number of hydrogen-bond acceptors (Lipinski definition) is 5. The Morgan fingerprint density at radius 1 is 1.15 bits per heavy atom. The number of rotatable bonds is 7. The van der Waals surface area contributed by atoms with Crippen molar-refractivity contribution in [2.45, 2.75) is 26.1 Å². The molecule has 1 atom stereocenters. The molecule has 0 aliphatic rings. The Morgan fingerprint density at radius 2 is 1.91 bits per heavy atom. The first-order chi connectivity index (χ1) is 15.6. The summed E-state index contributed by atoms with van der Waals surface area (Å²) in [4.78, 5) is 20.9. The molecule has 9 heteroatoms. The maximum atomic E-state index is 13.1. The zero-order valence-electron chi connectivity index (χ0n) is 18.1. The van der Waals surface area contributed by atoms with Gasteiger partial charge in [-0.15, -0.1) is 0 Å². The van der Waals surface area contributed by atoms with E-state index in [0.29, 0.717) is 33.8 Å². The summed E-state index contributed by atoms with van der Waals surface area (Å²) >= 11 is 0. The Balaban J connectivity index is 2.01. The zero-order valence-corrected chi connectivity index (χ0v) is 18.1. The van der Waals surface area contributed by atoms with Crippen molar-refractivity contribution in [3.05, 3.63) is 78.3 Å². The van der Waals surface area contributed by atoms with Crippen molar-refractivity contribution >= 4 is 22.9 Å². The molecule has 33 heavy (non-hydrogen) atoms. The van der Waals surface area contributed by atoms with E-state index >= 15 is 0 Å². The third-order valence-corrected chi connectivity index (χ3v) is 4.74. The van der Waals surface area contributed by atoms with Gasteiger partial charge in [-0.1, -0.05) is 18.7 Å². The second-order valence-electron chi connectivity index (χ2n) is 7.58. The van der Waals surface area contributed by atoms with Gasteiger partial charge in [-0.2, -0.15) is 13.2 Å². The maximum Gasteiger partial charge on any atom is 0.416 e. The Kier molecular flexibility index (Phi) is 7.13. The predicted molar refractivity (Wildman–Crippen MR) is 121 cm³/mol. The number of pyridine rings is 2. The molecule has 0 radical (unpaired) electrons. The van der Waals surface area contributed by atoms with E-state index in [4.69, 9.17) is 0 Å². The van der Waals surface area contributed by atoms with Gasteiger partial charge in [-0.3, -0.25) is 14.8 Å². The number of benzene rings is 1. The standard InChI is InChI=1S/C24H23F3N4O2/c1-14(2)18-13-29-21(16-5-4-6-17(9-16)24(25,26)27)10-22(18)31-20-7-8-28-12-19(20)23(33)30-11-15(3)32/h4-10,12-13,15,32H,1,11H2,2-3H3,(H,30,33)(H,28,29,31). The average molecular weight is 456 g/mol. The van der Waals surface area contributed by atoms with E-state index in [1.54, 1.807) is 32.0 Å². The molecular weight excluding hydrogens is 433 g/mol. The summed E-state index contributed by atoms with van der Waals surface area (Å²) in [6.07, 6.45) is -0.778. The number of aliphatic hydroxyl groups excluding tert-OH is 1. The van der Waals surface area contributed by atoms with Crippen molar-refractivity contribution in [3.8, 4) is 11.3 Å². The van der Waals surface area contributed by atoms with Crippen molar-refractivity contribution in [3.63, 3.8) is 0 Å². The monoisotopic (exact) mass is 456 g/mol. The van der Waals surface area contributed by atoms with E-state index in [1.165, 1.54) is 24.7 Å². The molecule has 0 saturated heterocycles. The fourth-order valence-corrected chi connectivity index (χ4v) is 3.08. The summed E-state index contributed by atoms with van der Waals surface area (Å²) in [7, 11) is 0. The minimum absolute atomic E-state index is 0.0686. The molecule has 2 aromatic heterocycles. The lowest BCUT2D eigenvalue weighted by atomic mass is 10.0. The van der Waals surface area contributed by atoms with Crippen molar-refractivity contribution in [2.75, 3.05) is 11.9 Å². The van der Waals surface area contributed by atoms with E-state index in [1.807, 2.05) is 0 Å². The van der Waals surface area contributed by atoms with Crippen LogP contribution in [0.25, 0.3) is 16.8 Å². The number of aromatic nitrogens is 2. The molecule has 3 aromatic rings. The first-order valence-corrected chi connectivity index (χ1v) is 10.1. The highest BCUT2D eigenvalue weighted by Gasteiger charge is 2.30. The molecular formula is C24H23F3N4O2. The minimum Gasteiger partial charge on any atom is -0.392 e. The molecule has 0 spiro atoms. The largest absolute Gasteiger partial charge is 0.416 e. The number of alkyl halides is 3. The summed E-state index contributed by atoms with van der Waals surface area (Å²) in [5.41, 5.74) is 2.34. The van der Waals surface area contributed by atoms with Gasteiger partial charge in [-0.05, 0) is 43.7 Å². The van der Waals surface area contributed by atoms with E-state index in [2.05, 4.69) is 27.2 Å². The van der Waals surface area contributed by atoms with Gasteiger partial charge in [0.15, 0.2) is 0 Å². The fourth-order valence-electron chi connectivity index (χ4n) is 3.08. The van der Waals surface area contributed by atoms with Crippen molar-refractivity contribution in [1.82, 2.24) is 15.3 Å². The third kappa shape index (κ3) is 5.95. The van der Waals surface area contributed by atoms with Crippen molar-refractivity contribution in [1.29, 1.82) is 0 Å². The lowest BCUT2D eigenvalue weighted by molar-refractivity contribution is -0.137. The summed E-state index contributed by atoms with van der Waals surface area (Å²) in [5, 5.41) is 15.2. The first kappa shape index (κ1) is 23.9. The van der Waals surface area contributed by atoms with Gasteiger partial charge in [0.25, 0.3) is 5.91 Å². The van der Waals surface area contributed by atoms with Gasteiger partial charge in [0, 0.05) is 41.9 Å². The van der Waals surface area contributed by atoms with Crippen molar-refractivity contribution < 1.29 is 23.1 Å². The normalized spacial score (nSPS) is 12.2. The number of anilines is 2. The number of halogens is 3. The number of carbonyl (C=O) groups excluding carboxylic acids is 1. The van der Waals surface area contributed by atoms with Crippen LogP contribution in [0.5, 0.6) is 0 Å². The van der Waals surface area contributed by atoms with E-state index < -0.39 is 23.8 Å². The van der Waals surface area contributed by atoms with Crippen molar-refractivity contribution in [2.24, 2.45) is 0 Å². The van der Waals surface area contributed by atoms with Gasteiger partial charge >= 0.3 is 6.18 Å². The Bertz CT molecular complexity index is 1180. The van der Waals surface area contributed by atoms with Gasteiger partial charge in [0.2, 0.25) is 0 Å². The maximum absolute atomic E-state index is 13.1. The number of hydrogen-bond donors (Lipinski definition) is 3. The number of amides is 1. The molecule has 0 aliphatic carbocycles. The Hall–Kier alpha value is -3.72. The fraction of sp³-hybridized carbons (Fsp3) is 0.208. The number of nitrogens with zero attached hydrogens (tertiary/aromatic N) is 2. The molecule has 1 aromatic carbocycles. The zero-order chi connectivity index (χ0) is 24.2. The molecule has 0 fully saturated rings.